The van der Waals surface area contributed by atoms with E-state index in [9.17, 15) is 14.3 Å². The summed E-state index contributed by atoms with van der Waals surface area (Å²) in [7, 11) is 0. The maximum atomic E-state index is 13.0. The molecule has 0 unspecified atom stereocenters. The van der Waals surface area contributed by atoms with Gasteiger partial charge in [0, 0.05) is 5.56 Å². The molecule has 2 aromatic carbocycles. The van der Waals surface area contributed by atoms with Gasteiger partial charge in [0.2, 0.25) is 5.91 Å². The van der Waals surface area contributed by atoms with E-state index in [1.54, 1.807) is 12.1 Å². The van der Waals surface area contributed by atoms with Gasteiger partial charge in [-0.15, -0.1) is 0 Å². The van der Waals surface area contributed by atoms with Gasteiger partial charge in [-0.25, -0.2) is 14.4 Å². The first-order valence-electron chi connectivity index (χ1n) is 9.18. The maximum absolute atomic E-state index is 13.0. The van der Waals surface area contributed by atoms with Gasteiger partial charge < -0.3 is 10.4 Å². The van der Waals surface area contributed by atoms with Crippen LogP contribution in [0.15, 0.2) is 42.5 Å². The highest BCUT2D eigenvalue weighted by Gasteiger charge is 2.21. The molecule has 1 aromatic heterocycles. The topological polar surface area (TPSA) is 75.1 Å². The summed E-state index contributed by atoms with van der Waals surface area (Å²) < 4.78 is 13.0. The van der Waals surface area contributed by atoms with Crippen LogP contribution in [0, 0.1) is 12.7 Å². The molecule has 0 radical (unpaired) electrons. The molecule has 5 nitrogen and oxygen atoms in total. The first-order valence-corrected chi connectivity index (χ1v) is 9.18. The lowest BCUT2D eigenvalue weighted by molar-refractivity contribution is -0.115. The fourth-order valence-corrected chi connectivity index (χ4v) is 3.46. The predicted molar refractivity (Wildman–Crippen MR) is 104 cm³/mol. The molecule has 0 saturated carbocycles. The molecule has 142 valence electrons. The largest absolute Gasteiger partial charge is 0.392 e. The summed E-state index contributed by atoms with van der Waals surface area (Å²) in [4.78, 5) is 21.7. The van der Waals surface area contributed by atoms with Gasteiger partial charge in [0.1, 0.15) is 5.82 Å². The third-order valence-corrected chi connectivity index (χ3v) is 4.92. The number of halogens is 1. The molecule has 0 spiro atoms. The number of nitrogens with zero attached hydrogens (tertiary/aromatic N) is 2. The van der Waals surface area contributed by atoms with Crippen LogP contribution in [0.2, 0.25) is 0 Å². The van der Waals surface area contributed by atoms with Crippen molar-refractivity contribution < 1.29 is 14.3 Å². The quantitative estimate of drug-likeness (QED) is 0.731. The van der Waals surface area contributed by atoms with E-state index in [0.29, 0.717) is 11.5 Å². The van der Waals surface area contributed by atoms with E-state index in [4.69, 9.17) is 4.98 Å². The van der Waals surface area contributed by atoms with Gasteiger partial charge in [0.25, 0.3) is 0 Å². The molecule has 1 aliphatic carbocycles. The standard InChI is InChI=1S/C22H20FN3O2/c1-13-22(26-20(28)11-14-2-6-17(23)7-3-14)25-19-9-5-16-10-15(12-27)4-8-18(16)21(19)24-13/h2-4,6-8,10,27H,5,9,11-12H2,1H3,(H,25,26,28). The molecule has 1 amide bonds. The van der Waals surface area contributed by atoms with Crippen molar-refractivity contribution in [1.29, 1.82) is 0 Å². The number of fused-ring (bicyclic) bond motifs is 3. The SMILES string of the molecule is Cc1nc2c(nc1NC(=O)Cc1ccc(F)cc1)CCc1cc(CO)ccc1-2. The zero-order valence-electron chi connectivity index (χ0n) is 15.5. The van der Waals surface area contributed by atoms with Crippen molar-refractivity contribution in [3.63, 3.8) is 0 Å². The summed E-state index contributed by atoms with van der Waals surface area (Å²) in [5.74, 6) is -0.0824. The number of aliphatic hydroxyl groups is 1. The lowest BCUT2D eigenvalue weighted by Gasteiger charge is -2.20. The molecular formula is C22H20FN3O2. The van der Waals surface area contributed by atoms with Crippen LogP contribution in [0.1, 0.15) is 28.1 Å². The lowest BCUT2D eigenvalue weighted by Crippen LogP contribution is -2.19. The lowest BCUT2D eigenvalue weighted by atomic mass is 9.90. The monoisotopic (exact) mass is 377 g/mol. The van der Waals surface area contributed by atoms with Crippen LogP contribution < -0.4 is 5.32 Å². The Balaban J connectivity index is 1.57. The van der Waals surface area contributed by atoms with Crippen LogP contribution in [-0.2, 0) is 30.7 Å². The van der Waals surface area contributed by atoms with E-state index in [1.807, 2.05) is 25.1 Å². The molecule has 1 aliphatic rings. The Morgan fingerprint density at radius 3 is 2.61 bits per heavy atom. The van der Waals surface area contributed by atoms with Crippen molar-refractivity contribution in [2.75, 3.05) is 5.32 Å². The Morgan fingerprint density at radius 1 is 1.11 bits per heavy atom. The molecule has 0 bridgehead atoms. The minimum absolute atomic E-state index is 0.0177. The number of aromatic nitrogens is 2. The van der Waals surface area contributed by atoms with Crippen molar-refractivity contribution in [2.24, 2.45) is 0 Å². The van der Waals surface area contributed by atoms with Crippen LogP contribution in [-0.4, -0.2) is 21.0 Å². The van der Waals surface area contributed by atoms with Crippen LogP contribution in [0.25, 0.3) is 11.3 Å². The van der Waals surface area contributed by atoms with Gasteiger partial charge >= 0.3 is 0 Å². The molecule has 28 heavy (non-hydrogen) atoms. The van der Waals surface area contributed by atoms with Gasteiger partial charge in [-0.3, -0.25) is 4.79 Å². The Kier molecular flexibility index (Phi) is 4.88. The second kappa shape index (κ2) is 7.48. The Morgan fingerprint density at radius 2 is 1.86 bits per heavy atom. The summed E-state index contributed by atoms with van der Waals surface area (Å²) in [6, 6.07) is 11.7. The van der Waals surface area contributed by atoms with Crippen LogP contribution in [0.5, 0.6) is 0 Å². The third kappa shape index (κ3) is 3.64. The van der Waals surface area contributed by atoms with Crippen LogP contribution in [0.4, 0.5) is 10.2 Å². The Labute approximate surface area is 162 Å². The molecule has 0 atom stereocenters. The predicted octanol–water partition coefficient (Wildman–Crippen LogP) is 3.36. The first-order chi connectivity index (χ1) is 13.5. The molecule has 0 saturated heterocycles. The van der Waals surface area contributed by atoms with Crippen LogP contribution in [0.3, 0.4) is 0 Å². The molecule has 0 fully saturated rings. The smallest absolute Gasteiger partial charge is 0.229 e. The number of nitrogens with one attached hydrogen (secondary N) is 1. The summed E-state index contributed by atoms with van der Waals surface area (Å²) in [5.41, 5.74) is 6.13. The number of carbonyl (C=O) groups is 1. The van der Waals surface area contributed by atoms with Crippen molar-refractivity contribution in [3.8, 4) is 11.3 Å². The summed E-state index contributed by atoms with van der Waals surface area (Å²) in [6.45, 7) is 1.83. The highest BCUT2D eigenvalue weighted by molar-refractivity contribution is 5.92. The van der Waals surface area contributed by atoms with E-state index >= 15 is 0 Å². The van der Waals surface area contributed by atoms with Crippen molar-refractivity contribution >= 4 is 11.7 Å². The second-order valence-electron chi connectivity index (χ2n) is 6.95. The molecule has 3 aromatic rings. The van der Waals surface area contributed by atoms with E-state index in [1.165, 1.54) is 12.1 Å². The molecule has 1 heterocycles. The van der Waals surface area contributed by atoms with E-state index < -0.39 is 0 Å². The van der Waals surface area contributed by atoms with Crippen molar-refractivity contribution in [2.45, 2.75) is 32.8 Å². The van der Waals surface area contributed by atoms with Gasteiger partial charge in [-0.2, -0.15) is 0 Å². The van der Waals surface area contributed by atoms with Gasteiger partial charge in [-0.05, 0) is 48.6 Å². The highest BCUT2D eigenvalue weighted by Crippen LogP contribution is 2.33. The average Bonchev–Trinajstić information content (AvgIpc) is 2.70. The van der Waals surface area contributed by atoms with Gasteiger partial charge in [0.05, 0.1) is 30.1 Å². The molecule has 0 aliphatic heterocycles. The number of rotatable bonds is 4. The van der Waals surface area contributed by atoms with Crippen LogP contribution >= 0.6 is 0 Å². The average molecular weight is 377 g/mol. The minimum atomic E-state index is -0.327. The number of hydrogen-bond donors (Lipinski definition) is 2. The fourth-order valence-electron chi connectivity index (χ4n) is 3.46. The fraction of sp³-hybridized carbons (Fsp3) is 0.227. The van der Waals surface area contributed by atoms with Crippen molar-refractivity contribution in [1.82, 2.24) is 9.97 Å². The number of hydrogen-bond acceptors (Lipinski definition) is 4. The molecule has 2 N–H and O–H groups in total. The second-order valence-corrected chi connectivity index (χ2v) is 6.95. The summed E-state index contributed by atoms with van der Waals surface area (Å²) >= 11 is 0. The van der Waals surface area contributed by atoms with E-state index in [0.717, 1.165) is 46.5 Å². The number of aliphatic hydroxyl groups excluding tert-OH is 1. The normalized spacial score (nSPS) is 12.2. The zero-order valence-corrected chi connectivity index (χ0v) is 15.5. The van der Waals surface area contributed by atoms with E-state index in [-0.39, 0.29) is 24.8 Å². The van der Waals surface area contributed by atoms with E-state index in [2.05, 4.69) is 10.3 Å². The number of anilines is 1. The number of benzene rings is 2. The summed E-state index contributed by atoms with van der Waals surface area (Å²) in [6.07, 6.45) is 1.69. The third-order valence-electron chi connectivity index (χ3n) is 4.92. The number of carbonyl (C=O) groups excluding carboxylic acids is 1. The summed E-state index contributed by atoms with van der Waals surface area (Å²) in [5, 5.41) is 12.2. The number of amides is 1. The molecular weight excluding hydrogens is 357 g/mol. The molecule has 6 heteroatoms. The Hall–Kier alpha value is -3.12. The van der Waals surface area contributed by atoms with Gasteiger partial charge in [0.15, 0.2) is 5.82 Å². The van der Waals surface area contributed by atoms with Crippen molar-refractivity contribution in [3.05, 3.63) is 76.4 Å². The highest BCUT2D eigenvalue weighted by atomic mass is 19.1. The number of aryl methyl sites for hydroxylation is 3. The first kappa shape index (κ1) is 18.3. The minimum Gasteiger partial charge on any atom is -0.392 e. The zero-order chi connectivity index (χ0) is 19.7. The Bertz CT molecular complexity index is 1050. The maximum Gasteiger partial charge on any atom is 0.229 e. The van der Waals surface area contributed by atoms with Gasteiger partial charge in [-0.1, -0.05) is 30.3 Å². The molecule has 4 rings (SSSR count).